The van der Waals surface area contributed by atoms with Gasteiger partial charge in [-0.3, -0.25) is 64.4 Å². The number of amides is 8. The number of ether oxygens (including phenoxy) is 1. The predicted octanol–water partition coefficient (Wildman–Crippen LogP) is 7.84. The molecule has 2 aromatic rings. The maximum atomic E-state index is 14.8. The van der Waals surface area contributed by atoms with Crippen molar-refractivity contribution >= 4 is 64.1 Å². The quantitative estimate of drug-likeness (QED) is 0.0166. The van der Waals surface area contributed by atoms with Crippen molar-refractivity contribution in [3.63, 3.8) is 0 Å². The monoisotopic (exact) mass is 1290 g/mol. The Balaban J connectivity index is 0.000000881. The summed E-state index contributed by atoms with van der Waals surface area (Å²) in [7, 11) is 0. The molecule has 28 nitrogen and oxygen atoms in total. The lowest BCUT2D eigenvalue weighted by Gasteiger charge is -2.60. The van der Waals surface area contributed by atoms with E-state index in [4.69, 9.17) is 58.5 Å². The summed E-state index contributed by atoms with van der Waals surface area (Å²) in [6.45, 7) is 23.8. The molecule has 508 valence electrons. The van der Waals surface area contributed by atoms with E-state index in [1.807, 2.05) is 0 Å². The Hall–Kier alpha value is -5.64. The average Bonchev–Trinajstić information content (AvgIpc) is 1.64. The number of allylic oxidation sites excluding steroid dienone is 1. The number of rotatable bonds is 29. The highest BCUT2D eigenvalue weighted by Crippen LogP contribution is 2.66. The molecule has 1 aliphatic carbocycles. The molecule has 2 aromatic carbocycles. The second-order valence-electron chi connectivity index (χ2n) is 28.2. The molecule has 0 bridgehead atoms. The first kappa shape index (κ1) is 74.4. The van der Waals surface area contributed by atoms with Gasteiger partial charge >= 0.3 is 11.9 Å². The molecular formula is C63H92N4O24. The lowest BCUT2D eigenvalue weighted by molar-refractivity contribution is -0.674. The first-order chi connectivity index (χ1) is 42.2. The minimum absolute atomic E-state index is 0.0991. The van der Waals surface area contributed by atoms with Gasteiger partial charge < -0.3 is 5.11 Å². The summed E-state index contributed by atoms with van der Waals surface area (Å²) in [5.74, 6) is -35.5. The molecule has 7 rings (SSSR count). The fraction of sp³-hybridized carbons (Fsp3) is 0.683. The molecule has 0 aromatic heterocycles. The Morgan fingerprint density at radius 1 is 0.484 bits per heavy atom. The van der Waals surface area contributed by atoms with Crippen molar-refractivity contribution in [2.24, 2.45) is 46.3 Å². The largest absolute Gasteiger partial charge is 0.350 e. The standard InChI is InChI=1S/C50H82N4O24.C13H10/c1-17-19-21-47(29-25-33(57)53-39(29)61,35(27-23-31(55)51-37(27)59)45(15,75-71-41(3,4)5)76-72-42(6,7)8)49(63,68-64)67-50(69-65,70-66)48(22-20-18-2,30-26-34(58)54-40(30)62)36(28-24-32(56)52-38(28)60)46(16,77-73-43(9,10)11)78-74-44(12,13)14;1-4-10-6-2-8-12-9-3-7-11(5-1)13(10)12/h27-30,35-36,63-66H,17-26H2,1-16H3,(H,51,55,59)(H,52,56,60)(H,53,57,61)(H,54,58,62);1-8H,9H2. The van der Waals surface area contributed by atoms with Crippen LogP contribution in [0.2, 0.25) is 0 Å². The molecule has 4 heterocycles. The van der Waals surface area contributed by atoms with Crippen LogP contribution in [-0.4, -0.2) is 114 Å². The van der Waals surface area contributed by atoms with E-state index in [9.17, 15) is 59.2 Å². The third-order valence-electron chi connectivity index (χ3n) is 16.4. The summed E-state index contributed by atoms with van der Waals surface area (Å²) < 4.78 is 6.51. The lowest BCUT2D eigenvalue weighted by atomic mass is 9.54. The van der Waals surface area contributed by atoms with E-state index >= 15 is 0 Å². The summed E-state index contributed by atoms with van der Waals surface area (Å²) in [6, 6.07) is 13.0. The van der Waals surface area contributed by atoms with Crippen LogP contribution in [0.25, 0.3) is 16.8 Å². The first-order valence-electron chi connectivity index (χ1n) is 30.6. The molecule has 28 heteroatoms. The number of unbranched alkanes of at least 4 members (excludes halogenated alkanes) is 2. The van der Waals surface area contributed by atoms with Gasteiger partial charge in [-0.15, -0.1) is 0 Å². The van der Waals surface area contributed by atoms with Crippen molar-refractivity contribution in [2.75, 3.05) is 0 Å². The van der Waals surface area contributed by atoms with Gasteiger partial charge in [0.15, 0.2) is 0 Å². The normalized spacial score (nSPS) is 22.9. The zero-order valence-corrected chi connectivity index (χ0v) is 54.8. The van der Waals surface area contributed by atoms with Crippen LogP contribution in [0.5, 0.6) is 0 Å². The maximum Gasteiger partial charge on any atom is 0.350 e. The molecule has 8 amide bonds. The Kier molecular flexibility index (Phi) is 23.3. The van der Waals surface area contributed by atoms with E-state index in [1.165, 1.54) is 105 Å². The predicted molar refractivity (Wildman–Crippen MR) is 317 cm³/mol. The first-order valence-corrected chi connectivity index (χ1v) is 30.6. The van der Waals surface area contributed by atoms with E-state index in [1.54, 1.807) is 13.8 Å². The molecule has 8 N–H and O–H groups in total. The maximum absolute atomic E-state index is 14.8. The minimum atomic E-state index is -4.33. The highest BCUT2D eigenvalue weighted by atomic mass is 17.3. The van der Waals surface area contributed by atoms with Crippen LogP contribution in [-0.2, 0) is 103 Å². The molecular weight excluding hydrogens is 1200 g/mol. The van der Waals surface area contributed by atoms with E-state index in [2.05, 4.69) is 69.8 Å². The smallest absolute Gasteiger partial charge is 0.341 e. The Morgan fingerprint density at radius 2 is 0.857 bits per heavy atom. The summed E-state index contributed by atoms with van der Waals surface area (Å²) in [5.41, 5.74) is -8.59. The second-order valence-corrected chi connectivity index (χ2v) is 28.2. The van der Waals surface area contributed by atoms with Gasteiger partial charge in [0.2, 0.25) is 58.8 Å². The van der Waals surface area contributed by atoms with Gasteiger partial charge in [-0.25, -0.2) is 35.3 Å². The van der Waals surface area contributed by atoms with Gasteiger partial charge in [-0.05, 0) is 138 Å². The van der Waals surface area contributed by atoms with Gasteiger partial charge in [0.05, 0.1) is 56.9 Å². The van der Waals surface area contributed by atoms with Crippen molar-refractivity contribution < 1.29 is 118 Å². The Labute approximate surface area is 528 Å². The third-order valence-corrected chi connectivity index (χ3v) is 16.4. The van der Waals surface area contributed by atoms with Gasteiger partial charge in [0.1, 0.15) is 0 Å². The zero-order chi connectivity index (χ0) is 68.1. The van der Waals surface area contributed by atoms with Crippen molar-refractivity contribution in [3.05, 3.63) is 53.6 Å². The van der Waals surface area contributed by atoms with Crippen molar-refractivity contribution in [1.82, 2.24) is 21.3 Å². The summed E-state index contributed by atoms with van der Waals surface area (Å²) in [5, 5.41) is 61.0. The number of nitrogens with one attached hydrogen (secondary N) is 4. The zero-order valence-electron chi connectivity index (χ0n) is 54.8. The Bertz CT molecular complexity index is 2990. The fourth-order valence-electron chi connectivity index (χ4n) is 13.0. The average molecular weight is 1290 g/mol. The number of carbonyl (C=O) groups excluding carboxylic acids is 8. The number of aliphatic hydroxyl groups is 1. The SMILES string of the molecule is C1=Cc2cccc3cccc(c23)C1.CCCCC(C1CC(=O)NC1=O)(C(C1CC(=O)NC1=O)C(C)(OOC(C)(C)C)OOC(C)(C)C)C(O)(OO)OC(OO)(OO)C(CCCC)(C1CC(=O)NC1=O)C(C1CC(=O)NC1=O)C(C)(OOC(C)(C)C)OOC(C)(C)C. The number of hydrogen-bond donors (Lipinski definition) is 8. The number of imide groups is 4. The third kappa shape index (κ3) is 16.3. The topological polar surface area (TPSA) is 376 Å². The van der Waals surface area contributed by atoms with E-state index < -0.39 is 178 Å². The molecule has 9 unspecified atom stereocenters. The molecule has 0 saturated carbocycles. The molecule has 9 atom stereocenters. The number of hydrogen-bond acceptors (Lipinski definition) is 24. The van der Waals surface area contributed by atoms with Crippen LogP contribution >= 0.6 is 0 Å². The van der Waals surface area contributed by atoms with Crippen LogP contribution in [0.4, 0.5) is 0 Å². The fourth-order valence-corrected chi connectivity index (χ4v) is 13.0. The lowest BCUT2D eigenvalue weighted by Crippen LogP contribution is -2.74. The van der Waals surface area contributed by atoms with Crippen molar-refractivity contribution in [3.8, 4) is 0 Å². The van der Waals surface area contributed by atoms with Gasteiger partial charge in [0.25, 0.3) is 0 Å². The number of benzene rings is 2. The highest BCUT2D eigenvalue weighted by Gasteiger charge is 2.80. The van der Waals surface area contributed by atoms with Gasteiger partial charge in [0, 0.05) is 37.5 Å². The Morgan fingerprint density at radius 3 is 1.21 bits per heavy atom. The van der Waals surface area contributed by atoms with Crippen molar-refractivity contribution in [2.45, 2.75) is 227 Å². The highest BCUT2D eigenvalue weighted by molar-refractivity contribution is 6.06. The molecule has 4 saturated heterocycles. The van der Waals surface area contributed by atoms with E-state index in [-0.39, 0.29) is 25.7 Å². The molecule has 91 heavy (non-hydrogen) atoms. The second kappa shape index (κ2) is 28.5. The summed E-state index contributed by atoms with van der Waals surface area (Å²) >= 11 is 0. The number of carbonyl (C=O) groups is 8. The van der Waals surface area contributed by atoms with Crippen LogP contribution in [0.3, 0.4) is 0 Å². The molecule has 4 fully saturated rings. The minimum Gasteiger partial charge on any atom is -0.341 e. The summed E-state index contributed by atoms with van der Waals surface area (Å²) in [6.07, 6.45) is 0.162. The van der Waals surface area contributed by atoms with Gasteiger partial charge in [-0.2, -0.15) is 34.2 Å². The van der Waals surface area contributed by atoms with E-state index in [0.717, 1.165) is 20.3 Å². The molecule has 0 spiro atoms. The summed E-state index contributed by atoms with van der Waals surface area (Å²) in [4.78, 5) is 177. The van der Waals surface area contributed by atoms with Crippen LogP contribution in [0, 0.1) is 46.3 Å². The van der Waals surface area contributed by atoms with Crippen LogP contribution in [0.15, 0.2) is 42.5 Å². The molecule has 0 radical (unpaired) electrons. The van der Waals surface area contributed by atoms with Crippen molar-refractivity contribution in [1.29, 1.82) is 0 Å². The van der Waals surface area contributed by atoms with Crippen LogP contribution < -0.4 is 21.3 Å². The van der Waals surface area contributed by atoms with Crippen LogP contribution in [0.1, 0.15) is 186 Å². The molecule has 5 aliphatic rings. The molecule has 4 aliphatic heterocycles. The van der Waals surface area contributed by atoms with Gasteiger partial charge in [-0.1, -0.05) is 88.1 Å². The van der Waals surface area contributed by atoms with E-state index in [0.29, 0.717) is 0 Å².